The molecule has 3 atom stereocenters. The lowest BCUT2D eigenvalue weighted by Gasteiger charge is -2.45. The maximum absolute atomic E-state index is 13.2. The van der Waals surface area contributed by atoms with E-state index in [-0.39, 0.29) is 12.0 Å². The average Bonchev–Trinajstić information content (AvgIpc) is 3.07. The fraction of sp³-hybridized carbons (Fsp3) is 0.591. The van der Waals surface area contributed by atoms with E-state index in [1.165, 1.54) is 16.8 Å². The highest BCUT2D eigenvalue weighted by Gasteiger charge is 2.44. The number of ether oxygens (including phenoxy) is 1. The van der Waals surface area contributed by atoms with Crippen molar-refractivity contribution < 1.29 is 9.53 Å². The number of para-hydroxylation sites is 1. The summed E-state index contributed by atoms with van der Waals surface area (Å²) in [6.07, 6.45) is 8.96. The molecule has 1 amide bonds. The number of carbonyl (C=O) groups is 1. The molecule has 2 heterocycles. The molecule has 0 radical (unpaired) electrons. The molecule has 4 heteroatoms. The molecule has 0 aromatic heterocycles. The van der Waals surface area contributed by atoms with Gasteiger partial charge in [0.25, 0.3) is 0 Å². The number of piperidine rings is 1. The van der Waals surface area contributed by atoms with Gasteiger partial charge in [-0.15, -0.1) is 0 Å². The Morgan fingerprint density at radius 1 is 1.15 bits per heavy atom. The number of hydrogen-bond acceptors (Lipinski definition) is 3. The largest absolute Gasteiger partial charge is 0.381 e. The maximum atomic E-state index is 13.2. The van der Waals surface area contributed by atoms with Gasteiger partial charge in [-0.05, 0) is 56.1 Å². The number of benzene rings is 1. The summed E-state index contributed by atoms with van der Waals surface area (Å²) in [4.78, 5) is 15.4. The van der Waals surface area contributed by atoms with Crippen LogP contribution >= 0.6 is 0 Å². The first-order valence-corrected chi connectivity index (χ1v) is 10.2. The summed E-state index contributed by atoms with van der Waals surface area (Å²) in [5.74, 6) is 1.22. The summed E-state index contributed by atoms with van der Waals surface area (Å²) >= 11 is 0. The molecule has 4 aliphatic rings. The second-order valence-electron chi connectivity index (χ2n) is 8.38. The molecule has 1 N–H and O–H groups in total. The van der Waals surface area contributed by atoms with E-state index in [0.29, 0.717) is 24.0 Å². The number of hydrogen-bond donors (Lipinski definition) is 1. The highest BCUT2D eigenvalue weighted by atomic mass is 16.5. The first-order valence-electron chi connectivity index (χ1n) is 10.2. The number of fused-ring (bicyclic) bond motifs is 6. The van der Waals surface area contributed by atoms with Gasteiger partial charge >= 0.3 is 0 Å². The number of methoxy groups -OCH3 is 1. The Kier molecular flexibility index (Phi) is 4.04. The Morgan fingerprint density at radius 3 is 2.77 bits per heavy atom. The number of nitrogens with zero attached hydrogens (tertiary/aromatic N) is 1. The van der Waals surface area contributed by atoms with Crippen molar-refractivity contribution in [1.29, 1.82) is 0 Å². The molecule has 26 heavy (non-hydrogen) atoms. The molecule has 2 bridgehead atoms. The van der Waals surface area contributed by atoms with Gasteiger partial charge in [0, 0.05) is 30.8 Å². The number of likely N-dealkylation sites (tertiary alicyclic amines) is 1. The van der Waals surface area contributed by atoms with Crippen LogP contribution in [-0.2, 0) is 9.53 Å². The minimum Gasteiger partial charge on any atom is -0.381 e. The minimum atomic E-state index is 0.197. The lowest BCUT2D eigenvalue weighted by Crippen LogP contribution is -2.52. The first-order chi connectivity index (χ1) is 12.7. The Bertz CT molecular complexity index is 735. The van der Waals surface area contributed by atoms with E-state index in [2.05, 4.69) is 40.6 Å². The van der Waals surface area contributed by atoms with Gasteiger partial charge in [0.1, 0.15) is 0 Å². The Morgan fingerprint density at radius 2 is 1.96 bits per heavy atom. The predicted molar refractivity (Wildman–Crippen MR) is 103 cm³/mol. The van der Waals surface area contributed by atoms with E-state index < -0.39 is 0 Å². The van der Waals surface area contributed by atoms with Gasteiger partial charge in [-0.25, -0.2) is 0 Å². The van der Waals surface area contributed by atoms with Crippen LogP contribution in [-0.4, -0.2) is 42.6 Å². The Balaban J connectivity index is 1.37. The van der Waals surface area contributed by atoms with Crippen LogP contribution in [0.3, 0.4) is 0 Å². The lowest BCUT2D eigenvalue weighted by atomic mass is 9.75. The predicted octanol–water partition coefficient (Wildman–Crippen LogP) is 3.69. The zero-order chi connectivity index (χ0) is 17.7. The van der Waals surface area contributed by atoms with Gasteiger partial charge in [0.2, 0.25) is 5.91 Å². The Hall–Kier alpha value is -1.81. The quantitative estimate of drug-likeness (QED) is 0.883. The molecule has 2 aliphatic carbocycles. The summed E-state index contributed by atoms with van der Waals surface area (Å²) in [6.45, 7) is 0.913. The zero-order valence-corrected chi connectivity index (χ0v) is 15.5. The third kappa shape index (κ3) is 2.58. The van der Waals surface area contributed by atoms with Crippen LogP contribution in [0.2, 0.25) is 0 Å². The van der Waals surface area contributed by atoms with E-state index in [1.54, 1.807) is 7.11 Å². The van der Waals surface area contributed by atoms with Gasteiger partial charge in [0.05, 0.1) is 18.2 Å². The van der Waals surface area contributed by atoms with Crippen molar-refractivity contribution in [2.24, 2.45) is 11.8 Å². The van der Waals surface area contributed by atoms with E-state index in [4.69, 9.17) is 4.74 Å². The van der Waals surface area contributed by atoms with Crippen molar-refractivity contribution in [2.75, 3.05) is 19.0 Å². The second-order valence-corrected chi connectivity index (χ2v) is 8.38. The van der Waals surface area contributed by atoms with Gasteiger partial charge < -0.3 is 15.0 Å². The monoisotopic (exact) mass is 352 g/mol. The SMILES string of the molecule is COC1CCC(C(=O)N2CCC3CC2C=C2c4ccccc4NC23)CC1. The standard InChI is InChI=1S/C22H28N2O2/c1-26-17-8-6-14(7-9-17)22(25)24-11-10-15-12-16(24)13-19-18-4-2-3-5-20(18)23-21(15)19/h2-5,13-17,21,23H,6-12H2,1H3. The van der Waals surface area contributed by atoms with Crippen LogP contribution in [0.1, 0.15) is 44.1 Å². The molecular formula is C22H28N2O2. The number of anilines is 1. The van der Waals surface area contributed by atoms with Crippen molar-refractivity contribution in [2.45, 2.75) is 56.7 Å². The summed E-state index contributed by atoms with van der Waals surface area (Å²) < 4.78 is 5.47. The van der Waals surface area contributed by atoms with E-state index in [9.17, 15) is 4.79 Å². The third-order valence-corrected chi connectivity index (χ3v) is 7.05. The van der Waals surface area contributed by atoms with Crippen LogP contribution < -0.4 is 5.32 Å². The molecule has 5 rings (SSSR count). The van der Waals surface area contributed by atoms with Crippen LogP contribution in [0.4, 0.5) is 5.69 Å². The van der Waals surface area contributed by atoms with E-state index >= 15 is 0 Å². The number of nitrogens with one attached hydrogen (secondary N) is 1. The van der Waals surface area contributed by atoms with Crippen molar-refractivity contribution in [3.63, 3.8) is 0 Å². The molecule has 1 aromatic rings. The van der Waals surface area contributed by atoms with E-state index in [0.717, 1.165) is 45.1 Å². The second kappa shape index (κ2) is 6.41. The molecule has 2 aliphatic heterocycles. The third-order valence-electron chi connectivity index (χ3n) is 7.05. The van der Waals surface area contributed by atoms with Crippen LogP contribution in [0.5, 0.6) is 0 Å². The van der Waals surface area contributed by atoms with Crippen LogP contribution in [0, 0.1) is 11.8 Å². The first kappa shape index (κ1) is 16.4. The summed E-state index contributed by atoms with van der Waals surface area (Å²) in [6, 6.07) is 9.33. The van der Waals surface area contributed by atoms with Crippen LogP contribution in [0.15, 0.2) is 30.3 Å². The Labute approximate surface area is 155 Å². The summed E-state index contributed by atoms with van der Waals surface area (Å²) in [7, 11) is 1.79. The van der Waals surface area contributed by atoms with Crippen molar-refractivity contribution >= 4 is 17.2 Å². The van der Waals surface area contributed by atoms with Gasteiger partial charge in [0.15, 0.2) is 0 Å². The van der Waals surface area contributed by atoms with Gasteiger partial charge in [-0.1, -0.05) is 24.3 Å². The molecule has 138 valence electrons. The maximum Gasteiger partial charge on any atom is 0.226 e. The average molecular weight is 352 g/mol. The number of carbonyl (C=O) groups excluding carboxylic acids is 1. The van der Waals surface area contributed by atoms with Crippen molar-refractivity contribution in [3.8, 4) is 0 Å². The number of rotatable bonds is 2. The molecular weight excluding hydrogens is 324 g/mol. The molecule has 1 aromatic carbocycles. The van der Waals surface area contributed by atoms with Gasteiger partial charge in [-0.3, -0.25) is 4.79 Å². The molecule has 4 nitrogen and oxygen atoms in total. The highest BCUT2D eigenvalue weighted by molar-refractivity contribution is 5.88. The summed E-state index contributed by atoms with van der Waals surface area (Å²) in [5.41, 5.74) is 4.01. The van der Waals surface area contributed by atoms with E-state index in [1.807, 2.05) is 0 Å². The zero-order valence-electron chi connectivity index (χ0n) is 15.5. The number of amides is 1. The molecule has 1 saturated carbocycles. The smallest absolute Gasteiger partial charge is 0.226 e. The highest BCUT2D eigenvalue weighted by Crippen LogP contribution is 2.46. The summed E-state index contributed by atoms with van der Waals surface area (Å²) in [5, 5.41) is 3.72. The topological polar surface area (TPSA) is 41.6 Å². The molecule has 0 spiro atoms. The molecule has 3 unspecified atom stereocenters. The van der Waals surface area contributed by atoms with Crippen molar-refractivity contribution in [3.05, 3.63) is 35.9 Å². The fourth-order valence-electron chi connectivity index (χ4n) is 5.59. The molecule has 1 saturated heterocycles. The lowest BCUT2D eigenvalue weighted by molar-refractivity contribution is -0.140. The fourth-order valence-corrected chi connectivity index (χ4v) is 5.59. The van der Waals surface area contributed by atoms with Crippen molar-refractivity contribution in [1.82, 2.24) is 4.90 Å². The van der Waals surface area contributed by atoms with Crippen LogP contribution in [0.25, 0.3) is 5.57 Å². The van der Waals surface area contributed by atoms with Gasteiger partial charge in [-0.2, -0.15) is 0 Å². The normalized spacial score (nSPS) is 35.2. The minimum absolute atomic E-state index is 0.197. The molecule has 2 fully saturated rings.